The van der Waals surface area contributed by atoms with E-state index in [-0.39, 0.29) is 12.1 Å². The number of rotatable bonds is 9. The lowest BCUT2D eigenvalue weighted by molar-refractivity contribution is 0.415. The van der Waals surface area contributed by atoms with Gasteiger partial charge >= 0.3 is 0 Å². The van der Waals surface area contributed by atoms with Crippen LogP contribution in [-0.2, 0) is 0 Å². The van der Waals surface area contributed by atoms with Crippen LogP contribution in [0, 0.1) is 0 Å². The van der Waals surface area contributed by atoms with E-state index in [1.165, 1.54) is 32.7 Å². The minimum absolute atomic E-state index is 0.286. The summed E-state index contributed by atoms with van der Waals surface area (Å²) in [6.45, 7) is 6.23. The zero-order valence-corrected chi connectivity index (χ0v) is 19.3. The van der Waals surface area contributed by atoms with Crippen molar-refractivity contribution < 1.29 is 9.47 Å². The molecule has 0 aromatic heterocycles. The van der Waals surface area contributed by atoms with Crippen LogP contribution in [0.4, 0.5) is 0 Å². The fourth-order valence-corrected chi connectivity index (χ4v) is 4.09. The molecule has 0 aliphatic heterocycles. The minimum Gasteiger partial charge on any atom is -0.497 e. The lowest BCUT2D eigenvalue weighted by Crippen LogP contribution is -2.30. The van der Waals surface area contributed by atoms with Crippen molar-refractivity contribution in [2.24, 2.45) is 0 Å². The van der Waals surface area contributed by atoms with Crippen LogP contribution < -0.4 is 20.1 Å². The lowest BCUT2D eigenvalue weighted by Gasteiger charge is -2.18. The SMILES string of the molecule is COc1ccc2cc([C@H](C)NCCN[C@@H](C)c3ccc4cc(OC)ccc4c3)ccc2c1. The molecule has 0 saturated carbocycles. The second kappa shape index (κ2) is 10.0. The molecule has 166 valence electrons. The number of benzene rings is 4. The van der Waals surface area contributed by atoms with Gasteiger partial charge in [0.15, 0.2) is 0 Å². The maximum absolute atomic E-state index is 5.32. The molecule has 2 N–H and O–H groups in total. The molecule has 0 heterocycles. The number of fused-ring (bicyclic) bond motifs is 2. The van der Waals surface area contributed by atoms with Gasteiger partial charge in [0.1, 0.15) is 11.5 Å². The molecule has 0 spiro atoms. The minimum atomic E-state index is 0.286. The van der Waals surface area contributed by atoms with Crippen LogP contribution in [0.1, 0.15) is 37.1 Å². The molecule has 4 aromatic carbocycles. The van der Waals surface area contributed by atoms with E-state index in [1.54, 1.807) is 14.2 Å². The Balaban J connectivity index is 1.30. The van der Waals surface area contributed by atoms with Gasteiger partial charge in [-0.2, -0.15) is 0 Å². The molecule has 0 amide bonds. The zero-order chi connectivity index (χ0) is 22.5. The second-order valence-electron chi connectivity index (χ2n) is 8.30. The summed E-state index contributed by atoms with van der Waals surface area (Å²) in [5.41, 5.74) is 2.58. The smallest absolute Gasteiger partial charge is 0.119 e. The van der Waals surface area contributed by atoms with Gasteiger partial charge in [-0.15, -0.1) is 0 Å². The van der Waals surface area contributed by atoms with Crippen molar-refractivity contribution >= 4 is 21.5 Å². The van der Waals surface area contributed by atoms with E-state index in [2.05, 4.69) is 85.1 Å². The molecule has 4 rings (SSSR count). The molecular weight excluding hydrogens is 396 g/mol. The highest BCUT2D eigenvalue weighted by Crippen LogP contribution is 2.25. The highest BCUT2D eigenvalue weighted by molar-refractivity contribution is 5.85. The topological polar surface area (TPSA) is 42.5 Å². The van der Waals surface area contributed by atoms with E-state index in [9.17, 15) is 0 Å². The van der Waals surface area contributed by atoms with Crippen LogP contribution in [0.25, 0.3) is 21.5 Å². The van der Waals surface area contributed by atoms with Crippen LogP contribution in [0.15, 0.2) is 72.8 Å². The summed E-state index contributed by atoms with van der Waals surface area (Å²) in [6, 6.07) is 26.2. The van der Waals surface area contributed by atoms with E-state index in [0.717, 1.165) is 24.6 Å². The van der Waals surface area contributed by atoms with Crippen LogP contribution in [-0.4, -0.2) is 27.3 Å². The molecule has 0 aliphatic carbocycles. The molecule has 0 aliphatic rings. The molecule has 32 heavy (non-hydrogen) atoms. The van der Waals surface area contributed by atoms with Crippen LogP contribution in [0.3, 0.4) is 0 Å². The summed E-state index contributed by atoms with van der Waals surface area (Å²) in [5, 5.41) is 12.1. The van der Waals surface area contributed by atoms with E-state index in [0.29, 0.717) is 0 Å². The molecule has 4 nitrogen and oxygen atoms in total. The number of nitrogens with one attached hydrogen (secondary N) is 2. The first-order valence-corrected chi connectivity index (χ1v) is 11.2. The first-order valence-electron chi connectivity index (χ1n) is 11.2. The van der Waals surface area contributed by atoms with Crippen molar-refractivity contribution in [1.29, 1.82) is 0 Å². The monoisotopic (exact) mass is 428 g/mol. The number of hydrogen-bond donors (Lipinski definition) is 2. The molecular formula is C28H32N2O2. The molecule has 0 saturated heterocycles. The van der Waals surface area contributed by atoms with E-state index in [1.807, 2.05) is 12.1 Å². The van der Waals surface area contributed by atoms with Gasteiger partial charge in [-0.05, 0) is 82.9 Å². The molecule has 0 radical (unpaired) electrons. The third-order valence-electron chi connectivity index (χ3n) is 6.17. The van der Waals surface area contributed by atoms with E-state index < -0.39 is 0 Å². The molecule has 4 heteroatoms. The van der Waals surface area contributed by atoms with Crippen LogP contribution >= 0.6 is 0 Å². The average molecular weight is 429 g/mol. The molecule has 0 unspecified atom stereocenters. The summed E-state index contributed by atoms with van der Waals surface area (Å²) >= 11 is 0. The summed E-state index contributed by atoms with van der Waals surface area (Å²) in [4.78, 5) is 0. The van der Waals surface area contributed by atoms with Gasteiger partial charge in [-0.25, -0.2) is 0 Å². The fourth-order valence-electron chi connectivity index (χ4n) is 4.09. The maximum Gasteiger partial charge on any atom is 0.119 e. The Morgan fingerprint density at radius 3 is 1.34 bits per heavy atom. The second-order valence-corrected chi connectivity index (χ2v) is 8.30. The zero-order valence-electron chi connectivity index (χ0n) is 19.3. The third kappa shape index (κ3) is 5.04. The number of hydrogen-bond acceptors (Lipinski definition) is 4. The van der Waals surface area contributed by atoms with Crippen molar-refractivity contribution in [3.63, 3.8) is 0 Å². The number of ether oxygens (including phenoxy) is 2. The summed E-state index contributed by atoms with van der Waals surface area (Å²) in [6.07, 6.45) is 0. The Morgan fingerprint density at radius 1 is 0.562 bits per heavy atom. The highest BCUT2D eigenvalue weighted by atomic mass is 16.5. The molecule has 4 aromatic rings. The Kier molecular flexibility index (Phi) is 6.93. The predicted octanol–water partition coefficient (Wildman–Crippen LogP) is 6.01. The summed E-state index contributed by atoms with van der Waals surface area (Å²) in [7, 11) is 3.40. The van der Waals surface area contributed by atoms with Gasteiger partial charge in [0.25, 0.3) is 0 Å². The van der Waals surface area contributed by atoms with E-state index in [4.69, 9.17) is 9.47 Å². The Morgan fingerprint density at radius 2 is 0.938 bits per heavy atom. The predicted molar refractivity (Wildman–Crippen MR) is 134 cm³/mol. The maximum atomic E-state index is 5.32. The molecule has 0 bridgehead atoms. The average Bonchev–Trinajstić information content (AvgIpc) is 2.84. The Hall–Kier alpha value is -3.08. The fraction of sp³-hybridized carbons (Fsp3) is 0.286. The van der Waals surface area contributed by atoms with Gasteiger partial charge in [-0.1, -0.05) is 36.4 Å². The standard InChI is InChI=1S/C28H32N2O2/c1-19(21-5-7-25-17-27(31-3)11-9-23(25)15-21)29-13-14-30-20(2)22-6-8-26-18-28(32-4)12-10-24(26)16-22/h5-12,15-20,29-30H,13-14H2,1-4H3/t19-,20-/m0/s1. The van der Waals surface area contributed by atoms with Crippen molar-refractivity contribution in [2.45, 2.75) is 25.9 Å². The highest BCUT2D eigenvalue weighted by Gasteiger charge is 2.09. The Bertz CT molecular complexity index is 1110. The van der Waals surface area contributed by atoms with Gasteiger partial charge in [-0.3, -0.25) is 0 Å². The van der Waals surface area contributed by atoms with Crippen molar-refractivity contribution in [3.8, 4) is 11.5 Å². The van der Waals surface area contributed by atoms with Gasteiger partial charge in [0.2, 0.25) is 0 Å². The third-order valence-corrected chi connectivity index (χ3v) is 6.17. The number of methoxy groups -OCH3 is 2. The summed E-state index contributed by atoms with van der Waals surface area (Å²) < 4.78 is 10.6. The van der Waals surface area contributed by atoms with Gasteiger partial charge in [0, 0.05) is 25.2 Å². The first-order chi connectivity index (χ1) is 15.6. The summed E-state index contributed by atoms with van der Waals surface area (Å²) in [5.74, 6) is 1.78. The van der Waals surface area contributed by atoms with Crippen molar-refractivity contribution in [2.75, 3.05) is 27.3 Å². The van der Waals surface area contributed by atoms with Crippen molar-refractivity contribution in [1.82, 2.24) is 10.6 Å². The molecule has 0 fully saturated rings. The van der Waals surface area contributed by atoms with Crippen molar-refractivity contribution in [3.05, 3.63) is 83.9 Å². The Labute approximate surface area is 190 Å². The largest absolute Gasteiger partial charge is 0.497 e. The quantitative estimate of drug-likeness (QED) is 0.320. The lowest BCUT2D eigenvalue weighted by atomic mass is 10.0. The molecule has 2 atom stereocenters. The normalized spacial score (nSPS) is 13.2. The van der Waals surface area contributed by atoms with Gasteiger partial charge in [0.05, 0.1) is 14.2 Å². The first kappa shape index (κ1) is 22.1. The van der Waals surface area contributed by atoms with E-state index >= 15 is 0 Å². The van der Waals surface area contributed by atoms with Crippen LogP contribution in [0.2, 0.25) is 0 Å². The van der Waals surface area contributed by atoms with Crippen LogP contribution in [0.5, 0.6) is 11.5 Å². The van der Waals surface area contributed by atoms with Gasteiger partial charge < -0.3 is 20.1 Å².